The van der Waals surface area contributed by atoms with Gasteiger partial charge in [0.25, 0.3) is 0 Å². The molecule has 0 aliphatic rings. The Labute approximate surface area is 123 Å². The molecule has 0 aromatic heterocycles. The highest BCUT2D eigenvalue weighted by molar-refractivity contribution is 5.92. The van der Waals surface area contributed by atoms with Gasteiger partial charge in [-0.25, -0.2) is 0 Å². The standard InChI is InChI=1S/C16H17NO4/c1-19-13-6-8-15(9-7-13)21-11-10-20-14-4-2-12(3-5-14)16(17)18/h2-9H,10-11H2,1H3,(H2,17,18). The number of ether oxygens (including phenoxy) is 3. The van der Waals surface area contributed by atoms with E-state index in [4.69, 9.17) is 19.9 Å². The molecular weight excluding hydrogens is 270 g/mol. The van der Waals surface area contributed by atoms with Crippen LogP contribution >= 0.6 is 0 Å². The molecule has 110 valence electrons. The van der Waals surface area contributed by atoms with E-state index in [0.717, 1.165) is 11.5 Å². The van der Waals surface area contributed by atoms with Crippen LogP contribution in [0.4, 0.5) is 0 Å². The van der Waals surface area contributed by atoms with E-state index >= 15 is 0 Å². The van der Waals surface area contributed by atoms with Crippen molar-refractivity contribution in [1.29, 1.82) is 0 Å². The lowest BCUT2D eigenvalue weighted by atomic mass is 10.2. The first-order chi connectivity index (χ1) is 10.2. The monoisotopic (exact) mass is 287 g/mol. The van der Waals surface area contributed by atoms with Crippen LogP contribution in [-0.4, -0.2) is 26.2 Å². The molecule has 0 radical (unpaired) electrons. The van der Waals surface area contributed by atoms with E-state index in [2.05, 4.69) is 0 Å². The van der Waals surface area contributed by atoms with Gasteiger partial charge in [0, 0.05) is 5.56 Å². The lowest BCUT2D eigenvalue weighted by Crippen LogP contribution is -2.11. The second-order valence-electron chi connectivity index (χ2n) is 4.26. The Kier molecular flexibility index (Phi) is 5.04. The molecule has 0 saturated heterocycles. The molecule has 0 aliphatic carbocycles. The molecule has 0 fully saturated rings. The van der Waals surface area contributed by atoms with E-state index in [9.17, 15) is 4.79 Å². The van der Waals surface area contributed by atoms with Gasteiger partial charge in [0.1, 0.15) is 30.5 Å². The van der Waals surface area contributed by atoms with E-state index < -0.39 is 5.91 Å². The predicted octanol–water partition coefficient (Wildman–Crippen LogP) is 2.25. The number of nitrogens with two attached hydrogens (primary N) is 1. The normalized spacial score (nSPS) is 9.95. The Balaban J connectivity index is 1.74. The molecule has 0 saturated carbocycles. The molecule has 2 N–H and O–H groups in total. The van der Waals surface area contributed by atoms with Crippen LogP contribution in [0, 0.1) is 0 Å². The fourth-order valence-electron chi connectivity index (χ4n) is 1.71. The minimum Gasteiger partial charge on any atom is -0.497 e. The number of benzene rings is 2. The zero-order valence-electron chi connectivity index (χ0n) is 11.7. The van der Waals surface area contributed by atoms with Gasteiger partial charge in [0.05, 0.1) is 7.11 Å². The maximum atomic E-state index is 10.9. The molecule has 5 nitrogen and oxygen atoms in total. The van der Waals surface area contributed by atoms with Crippen molar-refractivity contribution in [1.82, 2.24) is 0 Å². The minimum atomic E-state index is -0.454. The van der Waals surface area contributed by atoms with Crippen molar-refractivity contribution in [3.63, 3.8) is 0 Å². The summed E-state index contributed by atoms with van der Waals surface area (Å²) in [6.45, 7) is 0.825. The summed E-state index contributed by atoms with van der Waals surface area (Å²) in [6.07, 6.45) is 0. The third-order valence-electron chi connectivity index (χ3n) is 2.82. The summed E-state index contributed by atoms with van der Waals surface area (Å²) >= 11 is 0. The molecule has 5 heteroatoms. The van der Waals surface area contributed by atoms with Crippen molar-refractivity contribution in [2.45, 2.75) is 0 Å². The van der Waals surface area contributed by atoms with Crippen molar-refractivity contribution in [2.75, 3.05) is 20.3 Å². The third kappa shape index (κ3) is 4.42. The largest absolute Gasteiger partial charge is 0.497 e. The second kappa shape index (κ2) is 7.19. The van der Waals surface area contributed by atoms with Crippen molar-refractivity contribution < 1.29 is 19.0 Å². The molecule has 2 aromatic rings. The van der Waals surface area contributed by atoms with Crippen LogP contribution in [0.3, 0.4) is 0 Å². The first-order valence-electron chi connectivity index (χ1n) is 6.48. The average Bonchev–Trinajstić information content (AvgIpc) is 2.52. The number of hydrogen-bond acceptors (Lipinski definition) is 4. The van der Waals surface area contributed by atoms with Gasteiger partial charge in [-0.15, -0.1) is 0 Å². The highest BCUT2D eigenvalue weighted by Gasteiger charge is 2.00. The van der Waals surface area contributed by atoms with Crippen LogP contribution in [0.2, 0.25) is 0 Å². The number of primary amides is 1. The molecule has 0 atom stereocenters. The van der Waals surface area contributed by atoms with Crippen molar-refractivity contribution in [2.24, 2.45) is 5.73 Å². The fourth-order valence-corrected chi connectivity index (χ4v) is 1.71. The number of rotatable bonds is 7. The zero-order chi connectivity index (χ0) is 15.1. The SMILES string of the molecule is COc1ccc(OCCOc2ccc(C(N)=O)cc2)cc1. The summed E-state index contributed by atoms with van der Waals surface area (Å²) in [6, 6.07) is 14.0. The summed E-state index contributed by atoms with van der Waals surface area (Å²) in [5.41, 5.74) is 5.62. The van der Waals surface area contributed by atoms with E-state index in [-0.39, 0.29) is 0 Å². The van der Waals surface area contributed by atoms with Crippen LogP contribution in [0.15, 0.2) is 48.5 Å². The van der Waals surface area contributed by atoms with Crippen molar-refractivity contribution >= 4 is 5.91 Å². The molecule has 2 aromatic carbocycles. The maximum absolute atomic E-state index is 10.9. The Morgan fingerprint density at radius 3 is 1.71 bits per heavy atom. The van der Waals surface area contributed by atoms with Gasteiger partial charge < -0.3 is 19.9 Å². The first-order valence-corrected chi connectivity index (χ1v) is 6.48. The highest BCUT2D eigenvalue weighted by atomic mass is 16.5. The Bertz CT molecular complexity index is 578. The average molecular weight is 287 g/mol. The van der Waals surface area contributed by atoms with Crippen molar-refractivity contribution in [3.8, 4) is 17.2 Å². The minimum absolute atomic E-state index is 0.405. The first kappa shape index (κ1) is 14.7. The lowest BCUT2D eigenvalue weighted by Gasteiger charge is -2.09. The quantitative estimate of drug-likeness (QED) is 0.793. The highest BCUT2D eigenvalue weighted by Crippen LogP contribution is 2.17. The van der Waals surface area contributed by atoms with Crippen LogP contribution in [0.1, 0.15) is 10.4 Å². The molecule has 21 heavy (non-hydrogen) atoms. The van der Waals surface area contributed by atoms with E-state index in [1.54, 1.807) is 31.4 Å². The summed E-state index contributed by atoms with van der Waals surface area (Å²) in [4.78, 5) is 10.9. The van der Waals surface area contributed by atoms with E-state index in [1.165, 1.54) is 0 Å². The lowest BCUT2D eigenvalue weighted by molar-refractivity contribution is 0.1000. The molecule has 2 rings (SSSR count). The van der Waals surface area contributed by atoms with Gasteiger partial charge in [0.15, 0.2) is 0 Å². The second-order valence-corrected chi connectivity index (χ2v) is 4.26. The fraction of sp³-hybridized carbons (Fsp3) is 0.188. The van der Waals surface area contributed by atoms with Crippen molar-refractivity contribution in [3.05, 3.63) is 54.1 Å². The molecule has 0 unspecified atom stereocenters. The Morgan fingerprint density at radius 1 is 0.857 bits per heavy atom. The topological polar surface area (TPSA) is 70.8 Å². The Morgan fingerprint density at radius 2 is 1.29 bits per heavy atom. The predicted molar refractivity (Wildman–Crippen MR) is 78.9 cm³/mol. The molecule has 0 aliphatic heterocycles. The third-order valence-corrected chi connectivity index (χ3v) is 2.82. The summed E-state index contributed by atoms with van der Waals surface area (Å²) in [5.74, 6) is 1.75. The van der Waals surface area contributed by atoms with Gasteiger partial charge in [0.2, 0.25) is 5.91 Å². The van der Waals surface area contributed by atoms with Gasteiger partial charge in [-0.2, -0.15) is 0 Å². The van der Waals surface area contributed by atoms with Crippen LogP contribution < -0.4 is 19.9 Å². The number of carbonyl (C=O) groups excluding carboxylic acids is 1. The molecule has 0 spiro atoms. The molecular formula is C16H17NO4. The summed E-state index contributed by atoms with van der Waals surface area (Å²) in [7, 11) is 1.62. The number of carbonyl (C=O) groups is 1. The van der Waals surface area contributed by atoms with E-state index in [0.29, 0.717) is 24.5 Å². The smallest absolute Gasteiger partial charge is 0.248 e. The van der Waals surface area contributed by atoms with Crippen LogP contribution in [0.25, 0.3) is 0 Å². The van der Waals surface area contributed by atoms with Gasteiger partial charge in [-0.3, -0.25) is 4.79 Å². The van der Waals surface area contributed by atoms with Crippen LogP contribution in [-0.2, 0) is 0 Å². The number of hydrogen-bond donors (Lipinski definition) is 1. The summed E-state index contributed by atoms with van der Waals surface area (Å²) < 4.78 is 16.1. The Hall–Kier alpha value is -2.69. The van der Waals surface area contributed by atoms with Crippen LogP contribution in [0.5, 0.6) is 17.2 Å². The molecule has 0 bridgehead atoms. The molecule has 0 heterocycles. The van der Waals surface area contributed by atoms with Gasteiger partial charge in [-0.05, 0) is 48.5 Å². The number of methoxy groups -OCH3 is 1. The number of amides is 1. The summed E-state index contributed by atoms with van der Waals surface area (Å²) in [5, 5.41) is 0. The van der Waals surface area contributed by atoms with Gasteiger partial charge in [-0.1, -0.05) is 0 Å². The zero-order valence-corrected chi connectivity index (χ0v) is 11.7. The van der Waals surface area contributed by atoms with E-state index in [1.807, 2.05) is 24.3 Å². The molecule has 1 amide bonds. The van der Waals surface area contributed by atoms with Gasteiger partial charge >= 0.3 is 0 Å². The maximum Gasteiger partial charge on any atom is 0.248 e.